The molecule has 1 aromatic rings. The van der Waals surface area contributed by atoms with Crippen LogP contribution in [0.1, 0.15) is 107 Å². The Labute approximate surface area is 172 Å². The van der Waals surface area contributed by atoms with Gasteiger partial charge in [0.2, 0.25) is 5.91 Å². The average molecular weight is 386 g/mol. The molecular weight excluding hydrogens is 346 g/mol. The van der Waals surface area contributed by atoms with Gasteiger partial charge >= 0.3 is 0 Å². The SMILES string of the molecule is CCCCCCCCC=CCCCCCCCC(=O)NC(=O)c1ccccc1. The van der Waals surface area contributed by atoms with Gasteiger partial charge in [-0.15, -0.1) is 0 Å². The van der Waals surface area contributed by atoms with Crippen LogP contribution in [0.2, 0.25) is 0 Å². The van der Waals surface area contributed by atoms with Crippen LogP contribution in [0.25, 0.3) is 0 Å². The van der Waals surface area contributed by atoms with Gasteiger partial charge in [0.1, 0.15) is 0 Å². The highest BCUT2D eigenvalue weighted by atomic mass is 16.2. The maximum Gasteiger partial charge on any atom is 0.257 e. The number of nitrogens with one attached hydrogen (secondary N) is 1. The summed E-state index contributed by atoms with van der Waals surface area (Å²) in [4.78, 5) is 23.7. The first-order valence-electron chi connectivity index (χ1n) is 11.3. The van der Waals surface area contributed by atoms with Crippen molar-refractivity contribution in [3.8, 4) is 0 Å². The number of hydrogen-bond donors (Lipinski definition) is 1. The van der Waals surface area contributed by atoms with Gasteiger partial charge in [0.25, 0.3) is 5.91 Å². The van der Waals surface area contributed by atoms with Crippen LogP contribution in [-0.4, -0.2) is 11.8 Å². The fourth-order valence-corrected chi connectivity index (χ4v) is 3.21. The quantitative estimate of drug-likeness (QED) is 0.246. The van der Waals surface area contributed by atoms with Gasteiger partial charge < -0.3 is 0 Å². The normalized spacial score (nSPS) is 11.0. The van der Waals surface area contributed by atoms with Crippen molar-refractivity contribution in [2.24, 2.45) is 0 Å². The van der Waals surface area contributed by atoms with Gasteiger partial charge in [0, 0.05) is 12.0 Å². The first-order valence-corrected chi connectivity index (χ1v) is 11.3. The van der Waals surface area contributed by atoms with Crippen molar-refractivity contribution in [3.05, 3.63) is 48.0 Å². The summed E-state index contributed by atoms with van der Waals surface area (Å²) in [5, 5.41) is 2.46. The minimum absolute atomic E-state index is 0.175. The van der Waals surface area contributed by atoms with E-state index in [1.54, 1.807) is 24.3 Å². The van der Waals surface area contributed by atoms with E-state index in [9.17, 15) is 9.59 Å². The second-order valence-corrected chi connectivity index (χ2v) is 7.58. The number of unbranched alkanes of at least 4 members (excludes halogenated alkanes) is 11. The minimum Gasteiger partial charge on any atom is -0.292 e. The lowest BCUT2D eigenvalue weighted by molar-refractivity contribution is -0.120. The molecule has 0 atom stereocenters. The molecule has 0 saturated heterocycles. The lowest BCUT2D eigenvalue weighted by Crippen LogP contribution is -2.30. The number of amides is 2. The molecule has 0 saturated carbocycles. The largest absolute Gasteiger partial charge is 0.292 e. The molecule has 0 unspecified atom stereocenters. The summed E-state index contributed by atoms with van der Waals surface area (Å²) in [6.45, 7) is 2.26. The molecule has 0 aliphatic rings. The zero-order valence-electron chi connectivity index (χ0n) is 17.8. The maximum absolute atomic E-state index is 11.9. The van der Waals surface area contributed by atoms with Gasteiger partial charge in [0.15, 0.2) is 0 Å². The lowest BCUT2D eigenvalue weighted by atomic mass is 10.1. The van der Waals surface area contributed by atoms with Crippen molar-refractivity contribution in [3.63, 3.8) is 0 Å². The van der Waals surface area contributed by atoms with Crippen molar-refractivity contribution in [1.82, 2.24) is 5.32 Å². The number of allylic oxidation sites excluding steroid dienone is 2. The molecule has 2 amide bonds. The second-order valence-electron chi connectivity index (χ2n) is 7.58. The van der Waals surface area contributed by atoms with Crippen LogP contribution in [0, 0.1) is 0 Å². The summed E-state index contributed by atoms with van der Waals surface area (Å²) in [5.41, 5.74) is 0.528. The standard InChI is InChI=1S/C25H39NO2/c1-2-3-4-5-6-7-8-9-10-11-12-13-14-15-19-22-24(27)26-25(28)23-20-17-16-18-21-23/h9-10,16-18,20-21H,2-8,11-15,19,22H2,1H3,(H,26,27,28). The minimum atomic E-state index is -0.307. The Balaban J connectivity index is 1.89. The van der Waals surface area contributed by atoms with Crippen LogP contribution >= 0.6 is 0 Å². The molecule has 0 aliphatic heterocycles. The van der Waals surface area contributed by atoms with Crippen LogP contribution in [0.5, 0.6) is 0 Å². The highest BCUT2D eigenvalue weighted by Gasteiger charge is 2.09. The smallest absolute Gasteiger partial charge is 0.257 e. The number of rotatable bonds is 16. The van der Waals surface area contributed by atoms with Gasteiger partial charge in [-0.25, -0.2) is 0 Å². The molecule has 1 N–H and O–H groups in total. The topological polar surface area (TPSA) is 46.2 Å². The molecule has 0 radical (unpaired) electrons. The van der Waals surface area contributed by atoms with Crippen LogP contribution in [0.4, 0.5) is 0 Å². The monoisotopic (exact) mass is 385 g/mol. The molecule has 0 bridgehead atoms. The van der Waals surface area contributed by atoms with Crippen molar-refractivity contribution < 1.29 is 9.59 Å². The summed E-state index contributed by atoms with van der Waals surface area (Å²) < 4.78 is 0. The van der Waals surface area contributed by atoms with E-state index in [-0.39, 0.29) is 11.8 Å². The van der Waals surface area contributed by atoms with E-state index >= 15 is 0 Å². The first-order chi connectivity index (χ1) is 13.7. The molecule has 28 heavy (non-hydrogen) atoms. The molecule has 0 spiro atoms. The van der Waals surface area contributed by atoms with Crippen LogP contribution in [0.3, 0.4) is 0 Å². The third-order valence-electron chi connectivity index (χ3n) is 4.95. The molecule has 0 aliphatic carbocycles. The molecule has 3 nitrogen and oxygen atoms in total. The fourth-order valence-electron chi connectivity index (χ4n) is 3.21. The summed E-state index contributed by atoms with van der Waals surface area (Å²) in [7, 11) is 0. The Morgan fingerprint density at radius 1 is 0.750 bits per heavy atom. The van der Waals surface area contributed by atoms with Gasteiger partial charge in [-0.1, -0.05) is 88.6 Å². The van der Waals surface area contributed by atoms with Gasteiger partial charge in [0.05, 0.1) is 0 Å². The number of carbonyl (C=O) groups excluding carboxylic acids is 2. The molecular formula is C25H39NO2. The number of benzene rings is 1. The summed E-state index contributed by atoms with van der Waals surface area (Å²) in [5.74, 6) is -0.482. The van der Waals surface area contributed by atoms with E-state index in [1.807, 2.05) is 6.07 Å². The third kappa shape index (κ3) is 13.3. The third-order valence-corrected chi connectivity index (χ3v) is 4.95. The van der Waals surface area contributed by atoms with E-state index in [1.165, 1.54) is 64.2 Å². The molecule has 0 aromatic heterocycles. The molecule has 0 fully saturated rings. The summed E-state index contributed by atoms with van der Waals surface area (Å²) in [6, 6.07) is 8.87. The molecule has 0 heterocycles. The molecule has 3 heteroatoms. The number of carbonyl (C=O) groups is 2. The Morgan fingerprint density at radius 3 is 1.89 bits per heavy atom. The van der Waals surface area contributed by atoms with Crippen molar-refractivity contribution in [1.29, 1.82) is 0 Å². The van der Waals surface area contributed by atoms with Crippen LogP contribution in [-0.2, 0) is 4.79 Å². The number of hydrogen-bond acceptors (Lipinski definition) is 2. The number of imide groups is 1. The van der Waals surface area contributed by atoms with Gasteiger partial charge in [-0.05, 0) is 44.2 Å². The zero-order chi connectivity index (χ0) is 20.3. The Kier molecular flexibility index (Phi) is 14.8. The Bertz CT molecular complexity index is 551. The molecule has 1 rings (SSSR count). The van der Waals surface area contributed by atoms with E-state index in [2.05, 4.69) is 24.4 Å². The van der Waals surface area contributed by atoms with Crippen LogP contribution in [0.15, 0.2) is 42.5 Å². The predicted molar refractivity (Wildman–Crippen MR) is 118 cm³/mol. The van der Waals surface area contributed by atoms with Crippen molar-refractivity contribution in [2.75, 3.05) is 0 Å². The highest BCUT2D eigenvalue weighted by Crippen LogP contribution is 2.10. The van der Waals surface area contributed by atoms with Gasteiger partial charge in [-0.2, -0.15) is 0 Å². The van der Waals surface area contributed by atoms with Crippen LogP contribution < -0.4 is 5.32 Å². The van der Waals surface area contributed by atoms with Crippen molar-refractivity contribution >= 4 is 11.8 Å². The Hall–Kier alpha value is -1.90. The lowest BCUT2D eigenvalue weighted by Gasteiger charge is -2.04. The van der Waals surface area contributed by atoms with Gasteiger partial charge in [-0.3, -0.25) is 14.9 Å². The van der Waals surface area contributed by atoms with E-state index < -0.39 is 0 Å². The maximum atomic E-state index is 11.9. The van der Waals surface area contributed by atoms with E-state index in [0.717, 1.165) is 19.3 Å². The predicted octanol–water partition coefficient (Wildman–Crippen LogP) is 6.98. The molecule has 156 valence electrons. The fraction of sp³-hybridized carbons (Fsp3) is 0.600. The summed E-state index contributed by atoms with van der Waals surface area (Å²) >= 11 is 0. The highest BCUT2D eigenvalue weighted by molar-refractivity contribution is 6.04. The average Bonchev–Trinajstić information content (AvgIpc) is 2.71. The molecule has 1 aromatic carbocycles. The van der Waals surface area contributed by atoms with E-state index in [4.69, 9.17) is 0 Å². The Morgan fingerprint density at radius 2 is 1.29 bits per heavy atom. The summed E-state index contributed by atoms with van der Waals surface area (Å²) in [6.07, 6.45) is 21.2. The van der Waals surface area contributed by atoms with Crippen molar-refractivity contribution in [2.45, 2.75) is 96.8 Å². The second kappa shape index (κ2) is 17.2. The zero-order valence-corrected chi connectivity index (χ0v) is 17.8. The van der Waals surface area contributed by atoms with E-state index in [0.29, 0.717) is 12.0 Å². The first kappa shape index (κ1) is 24.1.